The minimum absolute atomic E-state index is 0.0331. The van der Waals surface area contributed by atoms with E-state index in [0.717, 1.165) is 23.3 Å². The highest BCUT2D eigenvalue weighted by Crippen LogP contribution is 2.33. The molecule has 1 amide bonds. The number of benzene rings is 3. The molecule has 3 aromatic carbocycles. The number of hydrazone groups is 1. The monoisotopic (exact) mass is 558 g/mol. The van der Waals surface area contributed by atoms with Gasteiger partial charge in [0.2, 0.25) is 5.17 Å². The van der Waals surface area contributed by atoms with Crippen molar-refractivity contribution in [2.75, 3.05) is 13.2 Å². The third kappa shape index (κ3) is 6.08. The van der Waals surface area contributed by atoms with Crippen LogP contribution in [0.5, 0.6) is 11.5 Å². The molecule has 0 spiro atoms. The van der Waals surface area contributed by atoms with E-state index in [1.54, 1.807) is 12.1 Å². The molecule has 2 aliphatic heterocycles. The Hall–Kier alpha value is -3.88. The van der Waals surface area contributed by atoms with Gasteiger partial charge in [-0.3, -0.25) is 10.2 Å². The fourth-order valence-electron chi connectivity index (χ4n) is 4.01. The largest absolute Gasteiger partial charge is 0.490 e. The van der Waals surface area contributed by atoms with E-state index >= 15 is 0 Å². The Morgan fingerprint density at radius 1 is 1.00 bits per heavy atom. The quantitative estimate of drug-likeness (QED) is 0.226. The van der Waals surface area contributed by atoms with Gasteiger partial charge in [-0.25, -0.2) is 0 Å². The number of carbonyl (C=O) groups excluding carboxylic acids is 1. The number of thioether (sulfide) groups is 1. The molecule has 2 aliphatic rings. The number of nitrogens with zero attached hydrogens (tertiary/aromatic N) is 3. The highest BCUT2D eigenvalue weighted by atomic mass is 35.5. The summed E-state index contributed by atoms with van der Waals surface area (Å²) in [5, 5.41) is 15.9. The summed E-state index contributed by atoms with van der Waals surface area (Å²) in [5.74, 6) is 1.52. The lowest BCUT2D eigenvalue weighted by Crippen LogP contribution is -2.35. The van der Waals surface area contributed by atoms with E-state index < -0.39 is 5.91 Å². The predicted molar refractivity (Wildman–Crippen MR) is 158 cm³/mol. The smallest absolute Gasteiger partial charge is 0.283 e. The third-order valence-electron chi connectivity index (χ3n) is 6.43. The second-order valence-electron chi connectivity index (χ2n) is 9.05. The third-order valence-corrected chi connectivity index (χ3v) is 7.70. The van der Waals surface area contributed by atoms with Crippen molar-refractivity contribution >= 4 is 51.4 Å². The van der Waals surface area contributed by atoms with Crippen molar-refractivity contribution in [1.29, 1.82) is 5.41 Å². The molecule has 0 fully saturated rings. The lowest BCUT2D eigenvalue weighted by Gasteiger charge is -2.20. The molecule has 0 aromatic heterocycles. The number of halogens is 1. The Labute approximate surface area is 236 Å². The molecule has 39 heavy (non-hydrogen) atoms. The molecule has 0 saturated heterocycles. The molecule has 7 nitrogen and oxygen atoms in total. The first kappa shape index (κ1) is 26.7. The Morgan fingerprint density at radius 2 is 1.64 bits per heavy atom. The van der Waals surface area contributed by atoms with Crippen molar-refractivity contribution < 1.29 is 14.3 Å². The van der Waals surface area contributed by atoms with Crippen LogP contribution in [0.3, 0.4) is 0 Å². The second kappa shape index (κ2) is 11.9. The number of hydrogen-bond donors (Lipinski definition) is 1. The van der Waals surface area contributed by atoms with Crippen LogP contribution in [0, 0.1) is 5.41 Å². The van der Waals surface area contributed by atoms with Crippen molar-refractivity contribution in [3.8, 4) is 11.5 Å². The summed E-state index contributed by atoms with van der Waals surface area (Å²) in [6.45, 7) is 5.21. The van der Waals surface area contributed by atoms with Gasteiger partial charge in [-0.15, -0.1) is 0 Å². The van der Waals surface area contributed by atoms with Crippen LogP contribution in [0.15, 0.2) is 88.5 Å². The zero-order valence-corrected chi connectivity index (χ0v) is 23.1. The lowest BCUT2D eigenvalue weighted by atomic mass is 9.99. The number of hydrogen-bond acceptors (Lipinski definition) is 6. The summed E-state index contributed by atoms with van der Waals surface area (Å²) in [5.41, 5.74) is 2.94. The van der Waals surface area contributed by atoms with Crippen LogP contribution in [-0.2, 0) is 4.79 Å². The van der Waals surface area contributed by atoms with Crippen LogP contribution >= 0.6 is 23.4 Å². The second-order valence-corrected chi connectivity index (χ2v) is 10.4. The van der Waals surface area contributed by atoms with Crippen LogP contribution in [-0.4, -0.2) is 40.2 Å². The van der Waals surface area contributed by atoms with Crippen molar-refractivity contribution in [3.63, 3.8) is 0 Å². The van der Waals surface area contributed by atoms with Gasteiger partial charge in [-0.05, 0) is 71.6 Å². The minimum atomic E-state index is -0.482. The van der Waals surface area contributed by atoms with Crippen LogP contribution in [0.25, 0.3) is 6.08 Å². The van der Waals surface area contributed by atoms with Crippen molar-refractivity contribution in [3.05, 3.63) is 100 Å². The average Bonchev–Trinajstić information content (AvgIpc) is 3.38. The molecular weight excluding hydrogens is 532 g/mol. The maximum atomic E-state index is 12.7. The van der Waals surface area contributed by atoms with Gasteiger partial charge in [-0.2, -0.15) is 15.1 Å². The number of amides is 1. The summed E-state index contributed by atoms with van der Waals surface area (Å²) >= 11 is 7.52. The predicted octanol–water partition coefficient (Wildman–Crippen LogP) is 6.98. The first-order chi connectivity index (χ1) is 18.9. The highest BCUT2D eigenvalue weighted by Gasteiger charge is 2.36. The number of ether oxygens (including phenoxy) is 2. The van der Waals surface area contributed by atoms with E-state index in [9.17, 15) is 4.79 Å². The molecule has 0 radical (unpaired) electrons. The Bertz CT molecular complexity index is 1480. The number of aliphatic imine (C=N–C) groups is 1. The van der Waals surface area contributed by atoms with E-state index in [1.165, 1.54) is 22.3 Å². The van der Waals surface area contributed by atoms with Gasteiger partial charge in [0, 0.05) is 5.56 Å². The highest BCUT2D eigenvalue weighted by molar-refractivity contribution is 8.27. The van der Waals surface area contributed by atoms with Gasteiger partial charge in [0.1, 0.15) is 29.8 Å². The van der Waals surface area contributed by atoms with E-state index in [1.807, 2.05) is 54.6 Å². The number of rotatable bonds is 9. The zero-order valence-electron chi connectivity index (χ0n) is 21.6. The summed E-state index contributed by atoms with van der Waals surface area (Å²) in [6, 6.07) is 22.8. The summed E-state index contributed by atoms with van der Waals surface area (Å²) in [7, 11) is 0. The van der Waals surface area contributed by atoms with Crippen LogP contribution in [0.4, 0.5) is 0 Å². The number of carbonyl (C=O) groups is 1. The maximum Gasteiger partial charge on any atom is 0.283 e. The van der Waals surface area contributed by atoms with Gasteiger partial charge in [-0.1, -0.05) is 67.9 Å². The van der Waals surface area contributed by atoms with Crippen molar-refractivity contribution in [2.45, 2.75) is 26.2 Å². The van der Waals surface area contributed by atoms with Crippen molar-refractivity contribution in [1.82, 2.24) is 5.01 Å². The lowest BCUT2D eigenvalue weighted by molar-refractivity contribution is -0.114. The number of amidine groups is 2. The average molecular weight is 559 g/mol. The van der Waals surface area contributed by atoms with E-state index in [-0.39, 0.29) is 11.4 Å². The van der Waals surface area contributed by atoms with Crippen LogP contribution in [0.2, 0.25) is 5.02 Å². The Kier molecular flexibility index (Phi) is 8.14. The normalized spacial score (nSPS) is 16.6. The zero-order chi connectivity index (χ0) is 27.4. The molecule has 1 N–H and O–H groups in total. The summed E-state index contributed by atoms with van der Waals surface area (Å²) < 4.78 is 11.6. The molecule has 0 bridgehead atoms. The van der Waals surface area contributed by atoms with Gasteiger partial charge >= 0.3 is 0 Å². The molecule has 0 unspecified atom stereocenters. The van der Waals surface area contributed by atoms with E-state index in [4.69, 9.17) is 26.5 Å². The standard InChI is InChI=1S/C30H27ClN4O3S/c1-3-19(2)21-10-14-23(15-11-21)38-17-16-37-22-12-8-20(9-13-22)18-25-27(32)35-30(33-28(25)36)39-29(34-35)24-6-4-5-7-26(24)31/h4-15,18-19,32H,3,16-17H2,1-2H3/b25-18-,32-27?/t19-/m1/s1. The minimum Gasteiger partial charge on any atom is -0.490 e. The molecule has 0 aliphatic carbocycles. The molecular formula is C30H27ClN4O3S. The Morgan fingerprint density at radius 3 is 2.28 bits per heavy atom. The van der Waals surface area contributed by atoms with Crippen LogP contribution in [0.1, 0.15) is 42.9 Å². The van der Waals surface area contributed by atoms with E-state index in [2.05, 4.69) is 36.1 Å². The van der Waals surface area contributed by atoms with Gasteiger partial charge in [0.15, 0.2) is 5.84 Å². The molecule has 5 rings (SSSR count). The maximum absolute atomic E-state index is 12.7. The molecule has 9 heteroatoms. The molecule has 2 heterocycles. The molecule has 3 aromatic rings. The summed E-state index contributed by atoms with van der Waals surface area (Å²) in [4.78, 5) is 16.9. The van der Waals surface area contributed by atoms with Gasteiger partial charge in [0.05, 0.1) is 10.6 Å². The SMILES string of the molecule is CC[C@@H](C)c1ccc(OCCOc2ccc(/C=C3/C(=N)N4N=C(c5ccccc5Cl)SC4=NC3=O)cc2)cc1. The number of nitrogens with one attached hydrogen (secondary N) is 1. The Balaban J connectivity index is 1.18. The van der Waals surface area contributed by atoms with E-state index in [0.29, 0.717) is 40.1 Å². The first-order valence-corrected chi connectivity index (χ1v) is 13.8. The molecule has 0 saturated carbocycles. The molecule has 198 valence electrons. The van der Waals surface area contributed by atoms with Crippen LogP contribution < -0.4 is 9.47 Å². The van der Waals surface area contributed by atoms with Gasteiger partial charge in [0.25, 0.3) is 5.91 Å². The summed E-state index contributed by atoms with van der Waals surface area (Å²) in [6.07, 6.45) is 2.74. The fourth-order valence-corrected chi connectivity index (χ4v) is 5.22. The first-order valence-electron chi connectivity index (χ1n) is 12.6. The topological polar surface area (TPSA) is 87.3 Å². The number of fused-ring (bicyclic) bond motifs is 1. The van der Waals surface area contributed by atoms with Crippen molar-refractivity contribution in [2.24, 2.45) is 10.1 Å². The molecule has 1 atom stereocenters. The fraction of sp³-hybridized carbons (Fsp3) is 0.200. The van der Waals surface area contributed by atoms with Gasteiger partial charge < -0.3 is 9.47 Å².